The summed E-state index contributed by atoms with van der Waals surface area (Å²) in [6.45, 7) is 11.0. The largest absolute Gasteiger partial charge is 0.444 e. The molecule has 23 heavy (non-hydrogen) atoms. The normalized spacial score (nSPS) is 11.8. The maximum atomic E-state index is 12.1. The van der Waals surface area contributed by atoms with Gasteiger partial charge in [0.25, 0.3) is 0 Å². The molecule has 1 amide bonds. The van der Waals surface area contributed by atoms with Crippen LogP contribution in [0.1, 0.15) is 57.2 Å². The first-order chi connectivity index (χ1) is 10.7. The summed E-state index contributed by atoms with van der Waals surface area (Å²) in [5.41, 5.74) is -0.840. The van der Waals surface area contributed by atoms with Gasteiger partial charge in [-0.25, -0.2) is 4.79 Å². The van der Waals surface area contributed by atoms with Crippen molar-refractivity contribution in [2.24, 2.45) is 0 Å². The SMILES string of the molecule is CCC(CC)(CNCc1ccc(C#N)s1)NC(=O)OC(C)(C)C. The Balaban J connectivity index is 2.59. The van der Waals surface area contributed by atoms with Crippen molar-refractivity contribution < 1.29 is 9.53 Å². The van der Waals surface area contributed by atoms with E-state index in [4.69, 9.17) is 10.00 Å². The van der Waals surface area contributed by atoms with Gasteiger partial charge in [0.2, 0.25) is 0 Å². The summed E-state index contributed by atoms with van der Waals surface area (Å²) in [7, 11) is 0. The van der Waals surface area contributed by atoms with Crippen LogP contribution in [-0.4, -0.2) is 23.8 Å². The van der Waals surface area contributed by atoms with E-state index in [9.17, 15) is 4.79 Å². The van der Waals surface area contributed by atoms with Gasteiger partial charge >= 0.3 is 6.09 Å². The fraction of sp³-hybridized carbons (Fsp3) is 0.647. The third kappa shape index (κ3) is 6.59. The van der Waals surface area contributed by atoms with Crippen molar-refractivity contribution in [3.63, 3.8) is 0 Å². The third-order valence-electron chi connectivity index (χ3n) is 3.65. The van der Waals surface area contributed by atoms with E-state index in [1.807, 2.05) is 32.9 Å². The lowest BCUT2D eigenvalue weighted by atomic mass is 9.93. The molecule has 6 heteroatoms. The standard InChI is InChI=1S/C17H27N3O2S/c1-6-17(7-2,20-15(21)22-16(3,4)5)12-19-11-14-9-8-13(10-18)23-14/h8-9,19H,6-7,11-12H2,1-5H3,(H,20,21). The van der Waals surface area contributed by atoms with Crippen LogP contribution in [0.25, 0.3) is 0 Å². The lowest BCUT2D eigenvalue weighted by Gasteiger charge is -2.34. The van der Waals surface area contributed by atoms with Crippen molar-refractivity contribution in [1.29, 1.82) is 5.26 Å². The summed E-state index contributed by atoms with van der Waals surface area (Å²) in [6, 6.07) is 5.92. The lowest BCUT2D eigenvalue weighted by Crippen LogP contribution is -2.55. The number of hydrogen-bond donors (Lipinski definition) is 2. The van der Waals surface area contributed by atoms with Gasteiger partial charge in [-0.2, -0.15) is 5.26 Å². The van der Waals surface area contributed by atoms with Crippen molar-refractivity contribution in [3.8, 4) is 6.07 Å². The number of rotatable bonds is 7. The monoisotopic (exact) mass is 337 g/mol. The molecular formula is C17H27N3O2S. The molecule has 0 aliphatic heterocycles. The van der Waals surface area contributed by atoms with Gasteiger partial charge in [-0.1, -0.05) is 13.8 Å². The molecule has 0 spiro atoms. The van der Waals surface area contributed by atoms with E-state index < -0.39 is 5.60 Å². The molecule has 5 nitrogen and oxygen atoms in total. The maximum absolute atomic E-state index is 12.1. The number of nitriles is 1. The van der Waals surface area contributed by atoms with Crippen LogP contribution in [0.4, 0.5) is 4.79 Å². The molecule has 0 aromatic carbocycles. The Kier molecular flexibility index (Phi) is 7.04. The number of alkyl carbamates (subject to hydrolysis) is 1. The van der Waals surface area contributed by atoms with Gasteiger partial charge in [0.15, 0.2) is 0 Å². The van der Waals surface area contributed by atoms with Crippen molar-refractivity contribution in [2.45, 2.75) is 65.1 Å². The quantitative estimate of drug-likeness (QED) is 0.794. The van der Waals surface area contributed by atoms with Crippen molar-refractivity contribution in [1.82, 2.24) is 10.6 Å². The van der Waals surface area contributed by atoms with Crippen LogP contribution in [0.15, 0.2) is 12.1 Å². The Bertz CT molecular complexity index is 551. The number of carbonyl (C=O) groups is 1. The van der Waals surface area contributed by atoms with Gasteiger partial charge < -0.3 is 15.4 Å². The van der Waals surface area contributed by atoms with Crippen LogP contribution >= 0.6 is 11.3 Å². The van der Waals surface area contributed by atoms with E-state index in [0.717, 1.165) is 17.7 Å². The first kappa shape index (κ1) is 19.5. The first-order valence-electron chi connectivity index (χ1n) is 7.94. The fourth-order valence-corrected chi connectivity index (χ4v) is 2.97. The number of nitrogens with zero attached hydrogens (tertiary/aromatic N) is 1. The topological polar surface area (TPSA) is 74.2 Å². The highest BCUT2D eigenvalue weighted by Gasteiger charge is 2.30. The van der Waals surface area contributed by atoms with E-state index in [2.05, 4.69) is 30.6 Å². The second-order valence-electron chi connectivity index (χ2n) is 6.60. The molecule has 1 aromatic rings. The molecular weight excluding hydrogens is 310 g/mol. The minimum atomic E-state index is -0.505. The predicted molar refractivity (Wildman–Crippen MR) is 93.4 cm³/mol. The van der Waals surface area contributed by atoms with Crippen molar-refractivity contribution in [3.05, 3.63) is 21.9 Å². The number of thiophene rings is 1. The summed E-state index contributed by atoms with van der Waals surface area (Å²) in [5.74, 6) is 0. The number of hydrogen-bond acceptors (Lipinski definition) is 5. The second kappa shape index (κ2) is 8.32. The molecule has 1 rings (SSSR count). The zero-order valence-electron chi connectivity index (χ0n) is 14.7. The smallest absolute Gasteiger partial charge is 0.408 e. The van der Waals surface area contributed by atoms with Crippen LogP contribution in [0.3, 0.4) is 0 Å². The molecule has 0 saturated heterocycles. The van der Waals surface area contributed by atoms with Gasteiger partial charge in [-0.15, -0.1) is 11.3 Å². The lowest BCUT2D eigenvalue weighted by molar-refractivity contribution is 0.0446. The molecule has 0 bridgehead atoms. The zero-order valence-corrected chi connectivity index (χ0v) is 15.5. The van der Waals surface area contributed by atoms with Gasteiger partial charge in [-0.05, 0) is 45.7 Å². The van der Waals surface area contributed by atoms with Crippen molar-refractivity contribution in [2.75, 3.05) is 6.54 Å². The van der Waals surface area contributed by atoms with E-state index in [1.54, 1.807) is 0 Å². The van der Waals surface area contributed by atoms with Gasteiger partial charge in [0, 0.05) is 18.0 Å². The van der Waals surface area contributed by atoms with Gasteiger partial charge in [0.1, 0.15) is 16.5 Å². The number of nitrogens with one attached hydrogen (secondary N) is 2. The Morgan fingerprint density at radius 3 is 2.43 bits per heavy atom. The minimum Gasteiger partial charge on any atom is -0.444 e. The average molecular weight is 337 g/mol. The van der Waals surface area contributed by atoms with E-state index >= 15 is 0 Å². The molecule has 2 N–H and O–H groups in total. The van der Waals surface area contributed by atoms with Crippen LogP contribution in [-0.2, 0) is 11.3 Å². The Hall–Kier alpha value is -1.58. The number of ether oxygens (including phenoxy) is 1. The molecule has 0 radical (unpaired) electrons. The Morgan fingerprint density at radius 1 is 1.30 bits per heavy atom. The zero-order chi connectivity index (χ0) is 17.5. The highest BCUT2D eigenvalue weighted by Crippen LogP contribution is 2.18. The summed E-state index contributed by atoms with van der Waals surface area (Å²) in [4.78, 5) is 13.9. The average Bonchev–Trinajstić information content (AvgIpc) is 2.92. The third-order valence-corrected chi connectivity index (χ3v) is 4.64. The van der Waals surface area contributed by atoms with Crippen LogP contribution in [0, 0.1) is 11.3 Å². The highest BCUT2D eigenvalue weighted by atomic mass is 32.1. The van der Waals surface area contributed by atoms with Gasteiger partial charge in [0.05, 0.1) is 5.54 Å². The molecule has 1 heterocycles. The van der Waals surface area contributed by atoms with E-state index in [1.165, 1.54) is 11.3 Å². The first-order valence-corrected chi connectivity index (χ1v) is 8.76. The minimum absolute atomic E-state index is 0.336. The summed E-state index contributed by atoms with van der Waals surface area (Å²) >= 11 is 1.48. The highest BCUT2D eigenvalue weighted by molar-refractivity contribution is 7.12. The van der Waals surface area contributed by atoms with E-state index in [0.29, 0.717) is 18.0 Å². The number of amides is 1. The molecule has 0 atom stereocenters. The van der Waals surface area contributed by atoms with Crippen LogP contribution in [0.2, 0.25) is 0 Å². The van der Waals surface area contributed by atoms with Crippen molar-refractivity contribution >= 4 is 17.4 Å². The van der Waals surface area contributed by atoms with Gasteiger partial charge in [-0.3, -0.25) is 0 Å². The summed E-state index contributed by atoms with van der Waals surface area (Å²) in [5, 5.41) is 15.2. The summed E-state index contributed by atoms with van der Waals surface area (Å²) in [6.07, 6.45) is 1.23. The summed E-state index contributed by atoms with van der Waals surface area (Å²) < 4.78 is 5.37. The van der Waals surface area contributed by atoms with E-state index in [-0.39, 0.29) is 11.6 Å². The fourth-order valence-electron chi connectivity index (χ4n) is 2.20. The predicted octanol–water partition coefficient (Wildman–Crippen LogP) is 3.79. The molecule has 0 fully saturated rings. The molecule has 128 valence electrons. The van der Waals surface area contributed by atoms with Crippen LogP contribution in [0.5, 0.6) is 0 Å². The molecule has 0 aliphatic carbocycles. The number of carbonyl (C=O) groups excluding carboxylic acids is 1. The molecule has 1 aromatic heterocycles. The maximum Gasteiger partial charge on any atom is 0.408 e. The van der Waals surface area contributed by atoms with Crippen LogP contribution < -0.4 is 10.6 Å². The Labute approximate surface area is 143 Å². The Morgan fingerprint density at radius 2 is 1.96 bits per heavy atom. The second-order valence-corrected chi connectivity index (χ2v) is 7.76. The molecule has 0 aliphatic rings. The molecule has 0 unspecified atom stereocenters. The molecule has 0 saturated carbocycles.